The van der Waals surface area contributed by atoms with Gasteiger partial charge in [-0.25, -0.2) is 0 Å². The van der Waals surface area contributed by atoms with Crippen LogP contribution in [-0.2, 0) is 17.8 Å². The molecule has 2 nitrogen and oxygen atoms in total. The summed E-state index contributed by atoms with van der Waals surface area (Å²) in [5.41, 5.74) is 2.62. The summed E-state index contributed by atoms with van der Waals surface area (Å²) in [5.74, 6) is 0.719. The maximum atomic E-state index is 5.53. The molecule has 0 aromatic heterocycles. The van der Waals surface area contributed by atoms with Crippen molar-refractivity contribution < 1.29 is 4.74 Å². The first-order valence-corrected chi connectivity index (χ1v) is 7.19. The van der Waals surface area contributed by atoms with Crippen LogP contribution in [-0.4, -0.2) is 19.7 Å². The van der Waals surface area contributed by atoms with Crippen molar-refractivity contribution in [1.29, 1.82) is 0 Å². The molecule has 0 amide bonds. The van der Waals surface area contributed by atoms with Crippen LogP contribution >= 0.6 is 0 Å². The minimum Gasteiger partial charge on any atom is -0.373 e. The third-order valence-corrected chi connectivity index (χ3v) is 2.88. The van der Waals surface area contributed by atoms with Gasteiger partial charge in [-0.15, -0.1) is 0 Å². The minimum atomic E-state index is 0.691. The number of ether oxygens (including phenoxy) is 1. The van der Waals surface area contributed by atoms with Gasteiger partial charge in [0.15, 0.2) is 0 Å². The highest BCUT2D eigenvalue weighted by Crippen LogP contribution is 2.06. The van der Waals surface area contributed by atoms with E-state index in [0.29, 0.717) is 13.2 Å². The molecule has 2 heteroatoms. The van der Waals surface area contributed by atoms with Gasteiger partial charge in [-0.3, -0.25) is 0 Å². The summed E-state index contributed by atoms with van der Waals surface area (Å²) in [7, 11) is 0. The van der Waals surface area contributed by atoms with Gasteiger partial charge >= 0.3 is 0 Å². The second kappa shape index (κ2) is 9.76. The molecule has 0 heterocycles. The van der Waals surface area contributed by atoms with Gasteiger partial charge in [0.1, 0.15) is 0 Å². The van der Waals surface area contributed by atoms with Crippen molar-refractivity contribution in [3.8, 4) is 0 Å². The Labute approximate surface area is 117 Å². The van der Waals surface area contributed by atoms with Crippen LogP contribution in [0.25, 0.3) is 0 Å². The van der Waals surface area contributed by atoms with E-state index in [2.05, 4.69) is 43.4 Å². The van der Waals surface area contributed by atoms with Gasteiger partial charge in [0.25, 0.3) is 0 Å². The predicted octanol–water partition coefficient (Wildman–Crippen LogP) is 3.57. The molecule has 0 aliphatic carbocycles. The summed E-state index contributed by atoms with van der Waals surface area (Å²) in [6.07, 6.45) is 5.12. The largest absolute Gasteiger partial charge is 0.373 e. The van der Waals surface area contributed by atoms with E-state index in [1.807, 2.05) is 19.1 Å². The topological polar surface area (TPSA) is 21.3 Å². The van der Waals surface area contributed by atoms with Crippen molar-refractivity contribution in [1.82, 2.24) is 5.32 Å². The summed E-state index contributed by atoms with van der Waals surface area (Å²) in [5, 5.41) is 3.46. The summed E-state index contributed by atoms with van der Waals surface area (Å²) in [6, 6.07) is 8.72. The molecule has 19 heavy (non-hydrogen) atoms. The van der Waals surface area contributed by atoms with E-state index in [-0.39, 0.29) is 0 Å². The van der Waals surface area contributed by atoms with Gasteiger partial charge in [0.2, 0.25) is 0 Å². The Kier molecular flexibility index (Phi) is 8.19. The molecule has 0 bridgehead atoms. The van der Waals surface area contributed by atoms with Crippen molar-refractivity contribution in [2.24, 2.45) is 5.92 Å². The van der Waals surface area contributed by atoms with Gasteiger partial charge < -0.3 is 10.1 Å². The van der Waals surface area contributed by atoms with E-state index in [9.17, 15) is 0 Å². The first-order valence-electron chi connectivity index (χ1n) is 7.19. The molecule has 0 unspecified atom stereocenters. The summed E-state index contributed by atoms with van der Waals surface area (Å²) in [4.78, 5) is 0. The first-order chi connectivity index (χ1) is 9.22. The van der Waals surface area contributed by atoms with Gasteiger partial charge in [-0.05, 0) is 43.5 Å². The van der Waals surface area contributed by atoms with Crippen LogP contribution in [0.1, 0.15) is 31.9 Å². The Morgan fingerprint density at radius 1 is 1.16 bits per heavy atom. The van der Waals surface area contributed by atoms with Crippen LogP contribution < -0.4 is 5.32 Å². The fourth-order valence-electron chi connectivity index (χ4n) is 1.77. The Morgan fingerprint density at radius 3 is 2.47 bits per heavy atom. The van der Waals surface area contributed by atoms with Gasteiger partial charge in [0.05, 0.1) is 13.2 Å². The molecule has 1 aromatic rings. The normalized spacial score (nSPS) is 11.6. The Morgan fingerprint density at radius 2 is 1.84 bits per heavy atom. The molecule has 0 aliphatic heterocycles. The maximum absolute atomic E-state index is 5.53. The van der Waals surface area contributed by atoms with Crippen molar-refractivity contribution in [2.45, 2.75) is 33.8 Å². The number of rotatable bonds is 9. The highest BCUT2D eigenvalue weighted by Gasteiger charge is 1.96. The first kappa shape index (κ1) is 15.9. The molecule has 1 rings (SSSR count). The van der Waals surface area contributed by atoms with E-state index < -0.39 is 0 Å². The zero-order valence-electron chi connectivity index (χ0n) is 12.5. The lowest BCUT2D eigenvalue weighted by molar-refractivity contribution is 0.148. The Balaban J connectivity index is 2.23. The number of benzene rings is 1. The van der Waals surface area contributed by atoms with E-state index in [1.165, 1.54) is 11.1 Å². The third kappa shape index (κ3) is 7.81. The average molecular weight is 261 g/mol. The number of nitrogens with one attached hydrogen (secondary N) is 1. The van der Waals surface area contributed by atoms with Gasteiger partial charge in [0, 0.05) is 0 Å². The van der Waals surface area contributed by atoms with Crippen LogP contribution in [0.4, 0.5) is 0 Å². The quantitative estimate of drug-likeness (QED) is 0.542. The fraction of sp³-hybridized carbons (Fsp3) is 0.529. The smallest absolute Gasteiger partial charge is 0.0721 e. The van der Waals surface area contributed by atoms with Crippen LogP contribution in [0.2, 0.25) is 0 Å². The second-order valence-electron chi connectivity index (χ2n) is 5.25. The lowest BCUT2D eigenvalue weighted by Crippen LogP contribution is -2.22. The lowest BCUT2D eigenvalue weighted by atomic mass is 10.1. The standard InChI is InChI=1S/C17H27NO/c1-4-5-12-19-14-17-8-6-16(7-9-17)10-11-18-13-15(2)3/h4-9,15,18H,10-14H2,1-3H3/b5-4+. The van der Waals surface area contributed by atoms with Crippen LogP contribution in [0.3, 0.4) is 0 Å². The van der Waals surface area contributed by atoms with Crippen molar-refractivity contribution in [3.63, 3.8) is 0 Å². The second-order valence-corrected chi connectivity index (χ2v) is 5.25. The minimum absolute atomic E-state index is 0.691. The molecular weight excluding hydrogens is 234 g/mol. The molecule has 1 aromatic carbocycles. The van der Waals surface area contributed by atoms with Gasteiger partial charge in [-0.2, -0.15) is 0 Å². The molecule has 0 aliphatic rings. The van der Waals surface area contributed by atoms with Crippen LogP contribution in [0.5, 0.6) is 0 Å². The molecule has 0 saturated heterocycles. The van der Waals surface area contributed by atoms with E-state index >= 15 is 0 Å². The maximum Gasteiger partial charge on any atom is 0.0721 e. The number of hydrogen-bond acceptors (Lipinski definition) is 2. The Hall–Kier alpha value is -1.12. The SMILES string of the molecule is C/C=C/COCc1ccc(CCNCC(C)C)cc1. The van der Waals surface area contributed by atoms with Crippen molar-refractivity contribution >= 4 is 0 Å². The molecule has 0 saturated carbocycles. The molecule has 0 radical (unpaired) electrons. The zero-order chi connectivity index (χ0) is 13.9. The summed E-state index contributed by atoms with van der Waals surface area (Å²) < 4.78 is 5.53. The van der Waals surface area contributed by atoms with Gasteiger partial charge in [-0.1, -0.05) is 50.3 Å². The zero-order valence-corrected chi connectivity index (χ0v) is 12.5. The van der Waals surface area contributed by atoms with Crippen molar-refractivity contribution in [3.05, 3.63) is 47.5 Å². The van der Waals surface area contributed by atoms with Crippen LogP contribution in [0.15, 0.2) is 36.4 Å². The molecule has 1 N–H and O–H groups in total. The van der Waals surface area contributed by atoms with Crippen LogP contribution in [0, 0.1) is 5.92 Å². The average Bonchev–Trinajstić information content (AvgIpc) is 2.41. The van der Waals surface area contributed by atoms with E-state index in [4.69, 9.17) is 4.74 Å². The number of hydrogen-bond donors (Lipinski definition) is 1. The number of allylic oxidation sites excluding steroid dienone is 1. The Bertz CT molecular complexity index is 354. The highest BCUT2D eigenvalue weighted by molar-refractivity contribution is 5.22. The van der Waals surface area contributed by atoms with E-state index in [0.717, 1.165) is 25.4 Å². The third-order valence-electron chi connectivity index (χ3n) is 2.88. The molecule has 106 valence electrons. The summed E-state index contributed by atoms with van der Waals surface area (Å²) in [6.45, 7) is 10.00. The predicted molar refractivity (Wildman–Crippen MR) is 82.3 cm³/mol. The lowest BCUT2D eigenvalue weighted by Gasteiger charge is -2.08. The molecule has 0 atom stereocenters. The van der Waals surface area contributed by atoms with Crippen molar-refractivity contribution in [2.75, 3.05) is 19.7 Å². The van der Waals surface area contributed by atoms with E-state index in [1.54, 1.807) is 0 Å². The molecular formula is C17H27NO. The molecule has 0 fully saturated rings. The monoisotopic (exact) mass is 261 g/mol. The molecule has 0 spiro atoms. The fourth-order valence-corrected chi connectivity index (χ4v) is 1.77. The summed E-state index contributed by atoms with van der Waals surface area (Å²) >= 11 is 0. The highest BCUT2D eigenvalue weighted by atomic mass is 16.5.